The van der Waals surface area contributed by atoms with E-state index < -0.39 is 0 Å². The van der Waals surface area contributed by atoms with Gasteiger partial charge in [0.25, 0.3) is 5.56 Å². The lowest BCUT2D eigenvalue weighted by Crippen LogP contribution is -2.36. The van der Waals surface area contributed by atoms with Crippen LogP contribution in [0.5, 0.6) is 0 Å². The van der Waals surface area contributed by atoms with E-state index in [-0.39, 0.29) is 23.9 Å². The van der Waals surface area contributed by atoms with Gasteiger partial charge in [0.2, 0.25) is 5.91 Å². The molecule has 9 nitrogen and oxygen atoms in total. The number of carbonyl (C=O) groups excluding carboxylic acids is 1. The van der Waals surface area contributed by atoms with Crippen molar-refractivity contribution in [1.29, 1.82) is 0 Å². The highest BCUT2D eigenvalue weighted by Gasteiger charge is 2.30. The normalized spacial score (nSPS) is 20.5. The van der Waals surface area contributed by atoms with Crippen molar-refractivity contribution in [2.75, 3.05) is 42.3 Å². The first kappa shape index (κ1) is 19.5. The van der Waals surface area contributed by atoms with Crippen LogP contribution in [-0.4, -0.2) is 57.5 Å². The van der Waals surface area contributed by atoms with E-state index in [1.54, 1.807) is 22.4 Å². The van der Waals surface area contributed by atoms with Crippen LogP contribution in [-0.2, 0) is 22.4 Å². The van der Waals surface area contributed by atoms with Gasteiger partial charge < -0.3 is 15.0 Å². The Hall–Kier alpha value is -2.46. The number of hydrogen-bond acceptors (Lipinski definition) is 8. The summed E-state index contributed by atoms with van der Waals surface area (Å²) in [6, 6.07) is 1.60. The number of aryl methyl sites for hydroxylation is 1. The minimum atomic E-state index is -0.183. The van der Waals surface area contributed by atoms with E-state index in [1.165, 1.54) is 6.33 Å². The van der Waals surface area contributed by atoms with Gasteiger partial charge in [-0.05, 0) is 25.7 Å². The van der Waals surface area contributed by atoms with Gasteiger partial charge in [0.15, 0.2) is 5.16 Å². The van der Waals surface area contributed by atoms with Crippen molar-refractivity contribution >= 4 is 29.3 Å². The van der Waals surface area contributed by atoms with Crippen LogP contribution in [0.3, 0.4) is 0 Å². The van der Waals surface area contributed by atoms with E-state index in [2.05, 4.69) is 20.2 Å². The van der Waals surface area contributed by atoms with E-state index in [9.17, 15) is 9.59 Å². The third-order valence-electron chi connectivity index (χ3n) is 5.80. The number of anilines is 2. The molecular weight excluding hydrogens is 404 g/mol. The van der Waals surface area contributed by atoms with Crippen LogP contribution in [0.25, 0.3) is 0 Å². The van der Waals surface area contributed by atoms with Crippen molar-refractivity contribution < 1.29 is 9.53 Å². The zero-order valence-electron chi connectivity index (χ0n) is 16.7. The van der Waals surface area contributed by atoms with Gasteiger partial charge in [-0.25, -0.2) is 15.0 Å². The number of thioether (sulfide) groups is 1. The molecule has 1 saturated heterocycles. The molecule has 1 atom stereocenters. The number of morpholine rings is 1. The van der Waals surface area contributed by atoms with Crippen molar-refractivity contribution in [3.8, 4) is 0 Å². The standard InChI is InChI=1S/C20H24N6O3S/c27-18(24-16-10-17(22-12-21-16)25-5-7-29-8-6-25)9-13-11-30-20-23-15-4-2-1-3-14(15)19(28)26(13)20/h10,12-13H,1-9,11H2,(H,21,22,24,27). The van der Waals surface area contributed by atoms with Crippen LogP contribution in [0.2, 0.25) is 0 Å². The van der Waals surface area contributed by atoms with Gasteiger partial charge in [-0.15, -0.1) is 0 Å². The second kappa shape index (κ2) is 8.35. The highest BCUT2D eigenvalue weighted by molar-refractivity contribution is 7.99. The molecule has 10 heteroatoms. The zero-order valence-corrected chi connectivity index (χ0v) is 17.5. The number of hydrogen-bond donors (Lipinski definition) is 1. The fourth-order valence-electron chi connectivity index (χ4n) is 4.25. The Kier molecular flexibility index (Phi) is 5.43. The molecule has 2 aromatic heterocycles. The van der Waals surface area contributed by atoms with Crippen LogP contribution in [0.4, 0.5) is 11.6 Å². The minimum absolute atomic E-state index is 0.0362. The van der Waals surface area contributed by atoms with Crippen molar-refractivity contribution in [3.05, 3.63) is 34.0 Å². The Morgan fingerprint density at radius 1 is 1.23 bits per heavy atom. The summed E-state index contributed by atoms with van der Waals surface area (Å²) in [5.74, 6) is 1.77. The van der Waals surface area contributed by atoms with Crippen molar-refractivity contribution in [3.63, 3.8) is 0 Å². The summed E-state index contributed by atoms with van der Waals surface area (Å²) in [6.45, 7) is 2.86. The third-order valence-corrected chi connectivity index (χ3v) is 6.90. The summed E-state index contributed by atoms with van der Waals surface area (Å²) in [6.07, 6.45) is 5.46. The van der Waals surface area contributed by atoms with Crippen LogP contribution in [0.1, 0.15) is 36.6 Å². The van der Waals surface area contributed by atoms with Gasteiger partial charge in [-0.2, -0.15) is 0 Å². The van der Waals surface area contributed by atoms with E-state index in [0.717, 1.165) is 61.0 Å². The first-order valence-electron chi connectivity index (χ1n) is 10.4. The molecule has 5 rings (SSSR count). The number of aromatic nitrogens is 4. The average molecular weight is 429 g/mol. The molecule has 0 aromatic carbocycles. The molecule has 1 unspecified atom stereocenters. The predicted molar refractivity (Wildman–Crippen MR) is 113 cm³/mol. The van der Waals surface area contributed by atoms with Gasteiger partial charge in [0.05, 0.1) is 24.9 Å². The lowest BCUT2D eigenvalue weighted by atomic mass is 9.97. The first-order chi connectivity index (χ1) is 14.7. The molecule has 158 valence electrons. The molecule has 0 radical (unpaired) electrons. The van der Waals surface area contributed by atoms with Gasteiger partial charge in [0.1, 0.15) is 18.0 Å². The molecule has 3 aliphatic rings. The molecule has 0 saturated carbocycles. The van der Waals surface area contributed by atoms with Crippen LogP contribution < -0.4 is 15.8 Å². The third kappa shape index (κ3) is 3.81. The quantitative estimate of drug-likeness (QED) is 0.730. The molecule has 1 fully saturated rings. The Balaban J connectivity index is 1.29. The number of fused-ring (bicyclic) bond motifs is 2. The molecule has 30 heavy (non-hydrogen) atoms. The molecule has 4 heterocycles. The summed E-state index contributed by atoms with van der Waals surface area (Å²) < 4.78 is 7.10. The number of amides is 1. The Bertz CT molecular complexity index is 1020. The highest BCUT2D eigenvalue weighted by Crippen LogP contribution is 2.34. The SMILES string of the molecule is O=C(CC1CSc2nc3c(c(=O)n21)CCCC3)Nc1cc(N2CCOCC2)ncn1. The minimum Gasteiger partial charge on any atom is -0.378 e. The van der Waals surface area contributed by atoms with Crippen LogP contribution in [0.15, 0.2) is 22.3 Å². The van der Waals surface area contributed by atoms with Gasteiger partial charge in [-0.1, -0.05) is 11.8 Å². The summed E-state index contributed by atoms with van der Waals surface area (Å²) in [4.78, 5) is 41.0. The number of rotatable bonds is 4. The maximum absolute atomic E-state index is 13.0. The summed E-state index contributed by atoms with van der Waals surface area (Å²) in [5.41, 5.74) is 1.82. The fourth-order valence-corrected chi connectivity index (χ4v) is 5.41. The largest absolute Gasteiger partial charge is 0.378 e. The van der Waals surface area contributed by atoms with E-state index in [0.29, 0.717) is 24.8 Å². The number of ether oxygens (including phenoxy) is 1. The number of nitrogens with zero attached hydrogens (tertiary/aromatic N) is 5. The lowest BCUT2D eigenvalue weighted by Gasteiger charge is -2.27. The van der Waals surface area contributed by atoms with Gasteiger partial charge in [-0.3, -0.25) is 14.2 Å². The first-order valence-corrected chi connectivity index (χ1v) is 11.4. The van der Waals surface area contributed by atoms with E-state index in [1.807, 2.05) is 0 Å². The van der Waals surface area contributed by atoms with Crippen molar-refractivity contribution in [2.24, 2.45) is 0 Å². The molecular formula is C20H24N6O3S. The number of carbonyl (C=O) groups is 1. The summed E-state index contributed by atoms with van der Waals surface area (Å²) >= 11 is 1.56. The van der Waals surface area contributed by atoms with Gasteiger partial charge >= 0.3 is 0 Å². The molecule has 2 aromatic rings. The molecule has 1 amide bonds. The second-order valence-corrected chi connectivity index (χ2v) is 8.77. The zero-order chi connectivity index (χ0) is 20.5. The maximum Gasteiger partial charge on any atom is 0.257 e. The lowest BCUT2D eigenvalue weighted by molar-refractivity contribution is -0.116. The topological polar surface area (TPSA) is 102 Å². The van der Waals surface area contributed by atoms with E-state index in [4.69, 9.17) is 9.72 Å². The Labute approximate surface area is 178 Å². The smallest absolute Gasteiger partial charge is 0.257 e. The van der Waals surface area contributed by atoms with Crippen LogP contribution >= 0.6 is 11.8 Å². The molecule has 0 bridgehead atoms. The molecule has 1 aliphatic carbocycles. The van der Waals surface area contributed by atoms with Gasteiger partial charge in [0, 0.05) is 36.9 Å². The monoisotopic (exact) mass is 428 g/mol. The molecule has 2 aliphatic heterocycles. The van der Waals surface area contributed by atoms with E-state index >= 15 is 0 Å². The molecule has 0 spiro atoms. The molecule has 1 N–H and O–H groups in total. The fraction of sp³-hybridized carbons (Fsp3) is 0.550. The summed E-state index contributed by atoms with van der Waals surface area (Å²) in [7, 11) is 0. The predicted octanol–water partition coefficient (Wildman–Crippen LogP) is 1.42. The highest BCUT2D eigenvalue weighted by atomic mass is 32.2. The average Bonchev–Trinajstić information content (AvgIpc) is 3.17. The second-order valence-electron chi connectivity index (χ2n) is 7.78. The Morgan fingerprint density at radius 3 is 2.93 bits per heavy atom. The Morgan fingerprint density at radius 2 is 2.07 bits per heavy atom. The number of nitrogens with one attached hydrogen (secondary N) is 1. The summed E-state index contributed by atoms with van der Waals surface area (Å²) in [5, 5.41) is 3.61. The van der Waals surface area contributed by atoms with Crippen molar-refractivity contribution in [2.45, 2.75) is 43.3 Å². The maximum atomic E-state index is 13.0. The van der Waals surface area contributed by atoms with Crippen molar-refractivity contribution in [1.82, 2.24) is 19.5 Å². The van der Waals surface area contributed by atoms with Crippen LogP contribution in [0, 0.1) is 0 Å².